The van der Waals surface area contributed by atoms with Gasteiger partial charge < -0.3 is 14.1 Å². The van der Waals surface area contributed by atoms with Crippen LogP contribution in [0.4, 0.5) is 0 Å². The Bertz CT molecular complexity index is 1290. The molecule has 29 heavy (non-hydrogen) atoms. The summed E-state index contributed by atoms with van der Waals surface area (Å²) in [6.07, 6.45) is 1.62. The third-order valence-corrected chi connectivity index (χ3v) is 4.52. The van der Waals surface area contributed by atoms with Gasteiger partial charge in [0.25, 0.3) is 0 Å². The minimum Gasteiger partial charge on any atom is -0.465 e. The van der Waals surface area contributed by atoms with Crippen LogP contribution < -0.4 is 0 Å². The molecule has 0 aliphatic carbocycles. The Morgan fingerprint density at radius 3 is 2.83 bits per heavy atom. The molecule has 4 aromatic rings. The van der Waals surface area contributed by atoms with E-state index in [-0.39, 0.29) is 0 Å². The first-order valence-corrected chi connectivity index (χ1v) is 8.95. The van der Waals surface area contributed by atoms with Gasteiger partial charge in [0.15, 0.2) is 0 Å². The van der Waals surface area contributed by atoms with Crippen LogP contribution in [0.2, 0.25) is 0 Å². The molecule has 1 N–H and O–H groups in total. The SMILES string of the molecule is COC(=O)c1ccccc1-c1ccc(/C=C(/C#N)c2nc3ccc(C)cc3[nH]2)o1. The van der Waals surface area contributed by atoms with Gasteiger partial charge in [-0.2, -0.15) is 5.26 Å². The number of imidazole rings is 1. The first-order chi connectivity index (χ1) is 14.1. The van der Waals surface area contributed by atoms with E-state index in [1.807, 2.05) is 31.2 Å². The number of ether oxygens (including phenoxy) is 1. The summed E-state index contributed by atoms with van der Waals surface area (Å²) in [5.74, 6) is 1.02. The van der Waals surface area contributed by atoms with Gasteiger partial charge in [-0.15, -0.1) is 0 Å². The molecule has 4 rings (SSSR count). The van der Waals surface area contributed by atoms with E-state index in [0.717, 1.165) is 16.6 Å². The number of methoxy groups -OCH3 is 1. The second kappa shape index (κ2) is 7.49. The fraction of sp³-hybridized carbons (Fsp3) is 0.0870. The average Bonchev–Trinajstić information content (AvgIpc) is 3.37. The molecule has 0 radical (unpaired) electrons. The smallest absolute Gasteiger partial charge is 0.338 e. The lowest BCUT2D eigenvalue weighted by Crippen LogP contribution is -2.02. The maximum absolute atomic E-state index is 12.0. The fourth-order valence-corrected chi connectivity index (χ4v) is 3.11. The number of nitriles is 1. The van der Waals surface area contributed by atoms with E-state index in [0.29, 0.717) is 34.0 Å². The van der Waals surface area contributed by atoms with Crippen LogP contribution in [-0.2, 0) is 4.74 Å². The van der Waals surface area contributed by atoms with E-state index < -0.39 is 5.97 Å². The molecule has 0 fully saturated rings. The summed E-state index contributed by atoms with van der Waals surface area (Å²) in [7, 11) is 1.34. The topological polar surface area (TPSA) is 91.9 Å². The lowest BCUT2D eigenvalue weighted by molar-refractivity contribution is 0.0601. The number of carbonyl (C=O) groups is 1. The number of nitrogens with one attached hydrogen (secondary N) is 1. The van der Waals surface area contributed by atoms with E-state index in [2.05, 4.69) is 16.0 Å². The van der Waals surface area contributed by atoms with Gasteiger partial charge >= 0.3 is 5.97 Å². The van der Waals surface area contributed by atoms with E-state index in [4.69, 9.17) is 9.15 Å². The number of H-pyrrole nitrogens is 1. The number of aromatic nitrogens is 2. The Morgan fingerprint density at radius 2 is 2.03 bits per heavy atom. The molecule has 142 valence electrons. The quantitative estimate of drug-likeness (QED) is 0.396. The molecule has 0 unspecified atom stereocenters. The van der Waals surface area contributed by atoms with Crippen molar-refractivity contribution in [2.75, 3.05) is 7.11 Å². The zero-order valence-corrected chi connectivity index (χ0v) is 15.9. The van der Waals surface area contributed by atoms with Gasteiger partial charge in [-0.1, -0.05) is 24.3 Å². The van der Waals surface area contributed by atoms with Crippen LogP contribution in [0.15, 0.2) is 59.0 Å². The van der Waals surface area contributed by atoms with Crippen molar-refractivity contribution < 1.29 is 13.9 Å². The summed E-state index contributed by atoms with van der Waals surface area (Å²) in [4.78, 5) is 19.7. The number of hydrogen-bond acceptors (Lipinski definition) is 5. The van der Waals surface area contributed by atoms with Crippen LogP contribution in [0.5, 0.6) is 0 Å². The zero-order valence-electron chi connectivity index (χ0n) is 15.9. The molecule has 0 aliphatic rings. The molecule has 0 saturated carbocycles. The predicted molar refractivity (Wildman–Crippen MR) is 110 cm³/mol. The number of aryl methyl sites for hydroxylation is 1. The van der Waals surface area contributed by atoms with Crippen molar-refractivity contribution in [1.29, 1.82) is 5.26 Å². The van der Waals surface area contributed by atoms with Gasteiger partial charge in [-0.05, 0) is 42.8 Å². The second-order valence-corrected chi connectivity index (χ2v) is 6.52. The molecule has 0 amide bonds. The minimum atomic E-state index is -0.440. The van der Waals surface area contributed by atoms with Crippen molar-refractivity contribution in [3.8, 4) is 17.4 Å². The normalized spacial score (nSPS) is 11.4. The first kappa shape index (κ1) is 18.3. The molecule has 0 atom stereocenters. The average molecular weight is 383 g/mol. The van der Waals surface area contributed by atoms with E-state index >= 15 is 0 Å². The standard InChI is InChI=1S/C23H17N3O3/c1-14-7-9-19-20(11-14)26-22(25-19)15(13-24)12-16-8-10-21(29-16)17-5-3-4-6-18(17)23(27)28-2/h3-12H,1-2H3,(H,25,26)/b15-12-. The van der Waals surface area contributed by atoms with E-state index in [9.17, 15) is 10.1 Å². The summed E-state index contributed by atoms with van der Waals surface area (Å²) in [5.41, 5.74) is 4.15. The fourth-order valence-electron chi connectivity index (χ4n) is 3.11. The van der Waals surface area contributed by atoms with Gasteiger partial charge in [-0.3, -0.25) is 0 Å². The summed E-state index contributed by atoms with van der Waals surface area (Å²) in [6.45, 7) is 2.00. The highest BCUT2D eigenvalue weighted by atomic mass is 16.5. The highest BCUT2D eigenvalue weighted by molar-refractivity contribution is 5.96. The summed E-state index contributed by atoms with van der Waals surface area (Å²) < 4.78 is 10.7. The van der Waals surface area contributed by atoms with Crippen LogP contribution in [0.3, 0.4) is 0 Å². The molecule has 6 heteroatoms. The maximum atomic E-state index is 12.0. The van der Waals surface area contributed by atoms with Gasteiger partial charge in [-0.25, -0.2) is 9.78 Å². The number of hydrogen-bond donors (Lipinski definition) is 1. The number of carbonyl (C=O) groups excluding carboxylic acids is 1. The molecule has 6 nitrogen and oxygen atoms in total. The summed E-state index contributed by atoms with van der Waals surface area (Å²) in [5, 5.41) is 9.61. The predicted octanol–water partition coefficient (Wildman–Crippen LogP) is 4.98. The van der Waals surface area contributed by atoms with Crippen molar-refractivity contribution >= 4 is 28.7 Å². The largest absolute Gasteiger partial charge is 0.465 e. The van der Waals surface area contributed by atoms with Crippen LogP contribution in [0.25, 0.3) is 34.0 Å². The van der Waals surface area contributed by atoms with Crippen LogP contribution in [0.1, 0.15) is 27.5 Å². The highest BCUT2D eigenvalue weighted by Crippen LogP contribution is 2.28. The van der Waals surface area contributed by atoms with Crippen molar-refractivity contribution in [3.63, 3.8) is 0 Å². The Morgan fingerprint density at radius 1 is 1.21 bits per heavy atom. The highest BCUT2D eigenvalue weighted by Gasteiger charge is 2.16. The van der Waals surface area contributed by atoms with Gasteiger partial charge in [0.05, 0.1) is 29.3 Å². The summed E-state index contributed by atoms with van der Waals surface area (Å²) >= 11 is 0. The van der Waals surface area contributed by atoms with E-state index in [1.165, 1.54) is 7.11 Å². The van der Waals surface area contributed by atoms with Crippen molar-refractivity contribution in [2.24, 2.45) is 0 Å². The Balaban J connectivity index is 1.71. The molecule has 0 saturated heterocycles. The monoisotopic (exact) mass is 383 g/mol. The minimum absolute atomic E-state index is 0.348. The molecule has 2 aromatic heterocycles. The Hall–Kier alpha value is -4.11. The number of fused-ring (bicyclic) bond motifs is 1. The van der Waals surface area contributed by atoms with Gasteiger partial charge in [0, 0.05) is 11.6 Å². The number of allylic oxidation sites excluding steroid dienone is 1. The van der Waals surface area contributed by atoms with Crippen molar-refractivity contribution in [2.45, 2.75) is 6.92 Å². The van der Waals surface area contributed by atoms with Gasteiger partial charge in [0.2, 0.25) is 0 Å². The Kier molecular flexibility index (Phi) is 4.71. The number of rotatable bonds is 4. The molecule has 2 heterocycles. The van der Waals surface area contributed by atoms with Gasteiger partial charge in [0.1, 0.15) is 23.4 Å². The van der Waals surface area contributed by atoms with Crippen LogP contribution >= 0.6 is 0 Å². The lowest BCUT2D eigenvalue weighted by atomic mass is 10.1. The van der Waals surface area contributed by atoms with Crippen LogP contribution in [0, 0.1) is 18.3 Å². The van der Waals surface area contributed by atoms with Crippen molar-refractivity contribution in [1.82, 2.24) is 9.97 Å². The number of benzene rings is 2. The third-order valence-electron chi connectivity index (χ3n) is 4.52. The Labute approximate surface area is 167 Å². The number of aromatic amines is 1. The molecular formula is C23H17N3O3. The molecule has 2 aromatic carbocycles. The summed E-state index contributed by atoms with van der Waals surface area (Å²) in [6, 6.07) is 18.6. The van der Waals surface area contributed by atoms with E-state index in [1.54, 1.807) is 36.4 Å². The maximum Gasteiger partial charge on any atom is 0.338 e. The molecule has 0 bridgehead atoms. The number of nitrogens with zero attached hydrogens (tertiary/aromatic N) is 2. The lowest BCUT2D eigenvalue weighted by Gasteiger charge is -2.04. The van der Waals surface area contributed by atoms with Crippen LogP contribution in [-0.4, -0.2) is 23.0 Å². The first-order valence-electron chi connectivity index (χ1n) is 8.95. The third kappa shape index (κ3) is 3.54. The number of furan rings is 1. The molecule has 0 aliphatic heterocycles. The van der Waals surface area contributed by atoms with Crippen molar-refractivity contribution in [3.05, 3.63) is 77.3 Å². The zero-order chi connectivity index (χ0) is 20.4. The second-order valence-electron chi connectivity index (χ2n) is 6.52. The molecular weight excluding hydrogens is 366 g/mol. The number of esters is 1. The molecule has 0 spiro atoms.